The number of primary sulfonamides is 1. The topological polar surface area (TPSA) is 124 Å². The van der Waals surface area contributed by atoms with Crippen LogP contribution in [0.15, 0.2) is 90.1 Å². The summed E-state index contributed by atoms with van der Waals surface area (Å²) in [5.41, 5.74) is 5.25. The Morgan fingerprint density at radius 1 is 0.865 bits per heavy atom. The molecule has 0 aliphatic heterocycles. The zero-order valence-corrected chi connectivity index (χ0v) is 20.7. The van der Waals surface area contributed by atoms with Crippen molar-refractivity contribution in [3.63, 3.8) is 0 Å². The van der Waals surface area contributed by atoms with Gasteiger partial charge in [-0.25, -0.2) is 23.5 Å². The number of rotatable bonds is 7. The number of hydrogen-bond donors (Lipinski definition) is 2. The molecule has 5 aromatic rings. The van der Waals surface area contributed by atoms with Crippen molar-refractivity contribution in [2.24, 2.45) is 5.14 Å². The molecule has 8 nitrogen and oxygen atoms in total. The summed E-state index contributed by atoms with van der Waals surface area (Å²) in [5.74, 6) is 1.53. The van der Waals surface area contributed by atoms with Gasteiger partial charge in [-0.1, -0.05) is 48.5 Å². The fourth-order valence-corrected chi connectivity index (χ4v) is 4.87. The van der Waals surface area contributed by atoms with Crippen LogP contribution in [-0.2, 0) is 16.6 Å². The van der Waals surface area contributed by atoms with E-state index in [1.165, 1.54) is 31.3 Å². The maximum Gasteiger partial charge on any atom is 0.239 e. The molecule has 184 valence electrons. The molecule has 1 fully saturated rings. The molecular formula is C28H24N6O2S. The van der Waals surface area contributed by atoms with Gasteiger partial charge in [-0.15, -0.1) is 0 Å². The number of anilines is 1. The number of pyridine rings is 2. The highest BCUT2D eigenvalue weighted by Crippen LogP contribution is 2.39. The summed E-state index contributed by atoms with van der Waals surface area (Å²) in [7, 11) is -3.92. The number of nitrogens with one attached hydrogen (secondary N) is 1. The molecule has 1 aliphatic carbocycles. The lowest BCUT2D eigenvalue weighted by molar-refractivity contribution is 0.597. The number of nitrogens with two attached hydrogens (primary N) is 1. The van der Waals surface area contributed by atoms with Crippen molar-refractivity contribution in [3.8, 4) is 22.5 Å². The molecule has 0 bridgehead atoms. The minimum Gasteiger partial charge on any atom is -0.364 e. The molecule has 1 aliphatic rings. The number of nitrogens with zero attached hydrogens (tertiary/aromatic N) is 4. The van der Waals surface area contributed by atoms with E-state index in [0.717, 1.165) is 33.4 Å². The second kappa shape index (κ2) is 9.34. The van der Waals surface area contributed by atoms with Gasteiger partial charge in [0.05, 0.1) is 23.1 Å². The maximum atomic E-state index is 11.9. The SMILES string of the molecule is NS(=O)(=O)c1cncc(-c2nc(NCc3cccc(C4CC4)n3)c3c(-c4ccccc4)cccc3n2)c1. The van der Waals surface area contributed by atoms with Gasteiger partial charge in [0.1, 0.15) is 10.7 Å². The molecule has 0 amide bonds. The lowest BCUT2D eigenvalue weighted by Crippen LogP contribution is -2.12. The lowest BCUT2D eigenvalue weighted by Gasteiger charge is -2.15. The molecule has 0 spiro atoms. The fourth-order valence-electron chi connectivity index (χ4n) is 4.37. The number of aromatic nitrogens is 4. The highest BCUT2D eigenvalue weighted by Gasteiger charge is 2.25. The first-order chi connectivity index (χ1) is 18.0. The molecule has 37 heavy (non-hydrogen) atoms. The monoisotopic (exact) mass is 508 g/mol. The van der Waals surface area contributed by atoms with Crippen LogP contribution in [0.1, 0.15) is 30.1 Å². The molecule has 2 aromatic carbocycles. The zero-order chi connectivity index (χ0) is 25.4. The first-order valence-electron chi connectivity index (χ1n) is 12.0. The van der Waals surface area contributed by atoms with E-state index in [-0.39, 0.29) is 4.90 Å². The molecule has 3 aromatic heterocycles. The van der Waals surface area contributed by atoms with Gasteiger partial charge in [-0.3, -0.25) is 9.97 Å². The van der Waals surface area contributed by atoms with Crippen LogP contribution in [0.3, 0.4) is 0 Å². The molecule has 0 unspecified atom stereocenters. The van der Waals surface area contributed by atoms with Gasteiger partial charge >= 0.3 is 0 Å². The van der Waals surface area contributed by atoms with Crippen LogP contribution >= 0.6 is 0 Å². The van der Waals surface area contributed by atoms with Crippen molar-refractivity contribution >= 4 is 26.7 Å². The van der Waals surface area contributed by atoms with Crippen molar-refractivity contribution in [2.45, 2.75) is 30.2 Å². The van der Waals surface area contributed by atoms with Crippen molar-refractivity contribution in [1.29, 1.82) is 0 Å². The lowest BCUT2D eigenvalue weighted by atomic mass is 10.0. The van der Waals surface area contributed by atoms with Crippen LogP contribution in [0.2, 0.25) is 0 Å². The predicted octanol–water partition coefficient (Wildman–Crippen LogP) is 4.89. The molecule has 0 atom stereocenters. The van der Waals surface area contributed by atoms with E-state index in [1.807, 2.05) is 60.7 Å². The average Bonchev–Trinajstić information content (AvgIpc) is 3.77. The molecule has 0 radical (unpaired) electrons. The van der Waals surface area contributed by atoms with Crippen LogP contribution in [0.25, 0.3) is 33.4 Å². The van der Waals surface area contributed by atoms with Gasteiger partial charge in [-0.2, -0.15) is 0 Å². The maximum absolute atomic E-state index is 11.9. The summed E-state index contributed by atoms with van der Waals surface area (Å²) < 4.78 is 23.8. The Morgan fingerprint density at radius 3 is 2.46 bits per heavy atom. The third-order valence-corrected chi connectivity index (χ3v) is 7.25. The van der Waals surface area contributed by atoms with Gasteiger partial charge in [0.2, 0.25) is 10.0 Å². The Bertz CT molecular complexity index is 1720. The van der Waals surface area contributed by atoms with E-state index < -0.39 is 10.0 Å². The quantitative estimate of drug-likeness (QED) is 0.321. The van der Waals surface area contributed by atoms with E-state index in [1.54, 1.807) is 0 Å². The van der Waals surface area contributed by atoms with Gasteiger partial charge in [0.25, 0.3) is 0 Å². The van der Waals surface area contributed by atoms with Crippen LogP contribution in [0.4, 0.5) is 5.82 Å². The molecule has 0 saturated heterocycles. The Morgan fingerprint density at radius 2 is 1.68 bits per heavy atom. The first-order valence-corrected chi connectivity index (χ1v) is 13.5. The minimum atomic E-state index is -3.92. The second-order valence-electron chi connectivity index (χ2n) is 9.10. The minimum absolute atomic E-state index is 0.0951. The zero-order valence-electron chi connectivity index (χ0n) is 19.9. The number of hydrogen-bond acceptors (Lipinski definition) is 7. The van der Waals surface area contributed by atoms with E-state index in [9.17, 15) is 8.42 Å². The van der Waals surface area contributed by atoms with E-state index >= 15 is 0 Å². The smallest absolute Gasteiger partial charge is 0.239 e. The summed E-state index contributed by atoms with van der Waals surface area (Å²) in [4.78, 5) is 18.4. The Balaban J connectivity index is 1.48. The van der Waals surface area contributed by atoms with E-state index in [2.05, 4.69) is 16.4 Å². The third-order valence-electron chi connectivity index (χ3n) is 6.37. The van der Waals surface area contributed by atoms with Gasteiger partial charge < -0.3 is 5.32 Å². The van der Waals surface area contributed by atoms with E-state index in [4.69, 9.17) is 20.1 Å². The van der Waals surface area contributed by atoms with Gasteiger partial charge in [-0.05, 0) is 48.2 Å². The molecule has 6 rings (SSSR count). The third kappa shape index (κ3) is 4.91. The van der Waals surface area contributed by atoms with E-state index in [0.29, 0.717) is 29.7 Å². The predicted molar refractivity (Wildman–Crippen MR) is 143 cm³/mol. The standard InChI is InChI=1S/C28H24N6O2S/c29-37(35,36)22-14-20(15-30-17-22)27-33-25-11-5-9-23(18-6-2-1-3-7-18)26(25)28(34-27)31-16-21-8-4-10-24(32-21)19-12-13-19/h1-11,14-15,17,19H,12-13,16H2,(H2,29,35,36)(H,31,33,34). The average molecular weight is 509 g/mol. The van der Waals surface area contributed by atoms with Crippen LogP contribution in [0.5, 0.6) is 0 Å². The second-order valence-corrected chi connectivity index (χ2v) is 10.7. The Labute approximate surface area is 214 Å². The summed E-state index contributed by atoms with van der Waals surface area (Å²) in [6.45, 7) is 0.477. The summed E-state index contributed by atoms with van der Waals surface area (Å²) in [6, 6.07) is 23.5. The highest BCUT2D eigenvalue weighted by atomic mass is 32.2. The number of fused-ring (bicyclic) bond motifs is 1. The summed E-state index contributed by atoms with van der Waals surface area (Å²) >= 11 is 0. The van der Waals surface area contributed by atoms with Crippen molar-refractivity contribution < 1.29 is 8.42 Å². The number of benzene rings is 2. The highest BCUT2D eigenvalue weighted by molar-refractivity contribution is 7.89. The van der Waals surface area contributed by atoms with Gasteiger partial charge in [0.15, 0.2) is 5.82 Å². The number of sulfonamides is 1. The van der Waals surface area contributed by atoms with Gasteiger partial charge in [0, 0.05) is 29.6 Å². The van der Waals surface area contributed by atoms with Crippen LogP contribution in [0, 0.1) is 0 Å². The molecule has 9 heteroatoms. The molecule has 3 N–H and O–H groups in total. The van der Waals surface area contributed by atoms with Crippen molar-refractivity contribution in [2.75, 3.05) is 5.32 Å². The summed E-state index contributed by atoms with van der Waals surface area (Å²) in [5, 5.41) is 9.68. The summed E-state index contributed by atoms with van der Waals surface area (Å²) in [6.07, 6.45) is 5.12. The molecule has 1 saturated carbocycles. The Kier molecular flexibility index (Phi) is 5.86. The molecule has 3 heterocycles. The Hall–Kier alpha value is -4.21. The van der Waals surface area contributed by atoms with Crippen molar-refractivity contribution in [1.82, 2.24) is 19.9 Å². The molecular weight excluding hydrogens is 484 g/mol. The fraction of sp³-hybridized carbons (Fsp3) is 0.143. The normalized spacial score (nSPS) is 13.5. The van der Waals surface area contributed by atoms with Crippen LogP contribution in [-0.4, -0.2) is 28.4 Å². The van der Waals surface area contributed by atoms with Crippen LogP contribution < -0.4 is 10.5 Å². The largest absolute Gasteiger partial charge is 0.364 e. The first kappa shape index (κ1) is 23.2. The van der Waals surface area contributed by atoms with Crippen molar-refractivity contribution in [3.05, 3.63) is 96.6 Å².